The first-order chi connectivity index (χ1) is 15.4. The third-order valence-corrected chi connectivity index (χ3v) is 6.98. The number of nitrogens with zero attached hydrogens (tertiary/aromatic N) is 2. The molecular weight excluding hydrogens is 645 g/mol. The van der Waals surface area contributed by atoms with Crippen molar-refractivity contribution >= 4 is 10.4 Å². The summed E-state index contributed by atoms with van der Waals surface area (Å²) in [6.07, 6.45) is 0. The average molecular weight is 686 g/mol. The maximum atomic E-state index is 8.74. The molecule has 35 heavy (non-hydrogen) atoms. The van der Waals surface area contributed by atoms with E-state index in [2.05, 4.69) is 69.5 Å². The topological polar surface area (TPSA) is 134 Å². The number of likely N-dealkylation sites (N-methyl/N-ethyl adjacent to an activating group) is 2. The van der Waals surface area contributed by atoms with E-state index in [1.807, 2.05) is 50.5 Å². The van der Waals surface area contributed by atoms with Gasteiger partial charge < -0.3 is 22.0 Å². The van der Waals surface area contributed by atoms with Gasteiger partial charge in [0, 0.05) is 0 Å². The summed E-state index contributed by atoms with van der Waals surface area (Å²) in [5.74, 6) is 5.21. The van der Waals surface area contributed by atoms with Gasteiger partial charge in [-0.3, -0.25) is 9.11 Å². The molecular formula is C26H41IrN2O5S. The third kappa shape index (κ3) is 12.1. The Kier molecular flexibility index (Phi) is 17.8. The zero-order valence-corrected chi connectivity index (χ0v) is 24.8. The molecule has 0 spiro atoms. The Morgan fingerprint density at radius 3 is 1.17 bits per heavy atom. The molecule has 0 aromatic heterocycles. The van der Waals surface area contributed by atoms with Crippen molar-refractivity contribution in [2.75, 3.05) is 14.1 Å². The van der Waals surface area contributed by atoms with Crippen molar-refractivity contribution in [3.8, 4) is 0 Å². The molecule has 0 heterocycles. The number of benzene rings is 2. The zero-order chi connectivity index (χ0) is 25.2. The molecule has 9 heteroatoms. The summed E-state index contributed by atoms with van der Waals surface area (Å²) in [5, 5.41) is 9.02. The van der Waals surface area contributed by atoms with E-state index in [4.69, 9.17) is 17.5 Å². The molecule has 1 fully saturated rings. The molecule has 4 N–H and O–H groups in total. The Balaban J connectivity index is 0. The molecule has 0 aliphatic heterocycles. The molecule has 4 unspecified atom stereocenters. The summed E-state index contributed by atoms with van der Waals surface area (Å²) in [4.78, 5) is 0. The van der Waals surface area contributed by atoms with Gasteiger partial charge in [0.1, 0.15) is 0 Å². The van der Waals surface area contributed by atoms with E-state index in [9.17, 15) is 0 Å². The normalized spacial score (nSPS) is 23.2. The SMILES string of the molecule is C[C-]1C(C)C(C)C(C)C1C.C[N-][C@H](c1ccccc1)[C@H]([N-]C)c1ccccc1.O.O=S(=O)(O)O.[Ir+3]. The number of hydrogen-bond acceptors (Lipinski definition) is 2. The number of hydrogen-bond donors (Lipinski definition) is 2. The molecule has 2 aromatic rings. The van der Waals surface area contributed by atoms with Gasteiger partial charge in [0.2, 0.25) is 0 Å². The van der Waals surface area contributed by atoms with Crippen LogP contribution in [0.15, 0.2) is 60.7 Å². The summed E-state index contributed by atoms with van der Waals surface area (Å²) in [5.41, 5.74) is 2.42. The van der Waals surface area contributed by atoms with Gasteiger partial charge in [-0.05, 0) is 0 Å². The summed E-state index contributed by atoms with van der Waals surface area (Å²) in [6, 6.07) is 20.8. The van der Waals surface area contributed by atoms with Crippen molar-refractivity contribution in [3.63, 3.8) is 0 Å². The number of rotatable bonds is 5. The van der Waals surface area contributed by atoms with E-state index in [-0.39, 0.29) is 37.7 Å². The Morgan fingerprint density at radius 2 is 1.00 bits per heavy atom. The summed E-state index contributed by atoms with van der Waals surface area (Å²) in [6.45, 7) is 11.8. The van der Waals surface area contributed by atoms with Crippen LogP contribution >= 0.6 is 0 Å². The van der Waals surface area contributed by atoms with E-state index in [0.29, 0.717) is 0 Å². The van der Waals surface area contributed by atoms with Crippen LogP contribution in [0.3, 0.4) is 0 Å². The van der Waals surface area contributed by atoms with E-state index < -0.39 is 10.4 Å². The Labute approximate surface area is 225 Å². The predicted octanol–water partition coefficient (Wildman–Crippen LogP) is 6.13. The minimum absolute atomic E-state index is 0. The fraction of sp³-hybridized carbons (Fsp3) is 0.500. The molecule has 6 atom stereocenters. The van der Waals surface area contributed by atoms with E-state index in [1.54, 1.807) is 5.92 Å². The van der Waals surface area contributed by atoms with Gasteiger partial charge in [-0.1, -0.05) is 111 Å². The molecule has 200 valence electrons. The first kappa shape index (κ1) is 36.0. The first-order valence-electron chi connectivity index (χ1n) is 11.2. The molecule has 0 amide bonds. The van der Waals surface area contributed by atoms with Crippen molar-refractivity contribution in [2.45, 2.75) is 46.7 Å². The van der Waals surface area contributed by atoms with E-state index >= 15 is 0 Å². The quantitative estimate of drug-likeness (QED) is 0.289. The van der Waals surface area contributed by atoms with Crippen LogP contribution in [0.25, 0.3) is 10.6 Å². The second kappa shape index (κ2) is 17.3. The van der Waals surface area contributed by atoms with Crippen molar-refractivity contribution < 1.29 is 43.1 Å². The van der Waals surface area contributed by atoms with Gasteiger partial charge in [0.05, 0.1) is 0 Å². The molecule has 3 rings (SSSR count). The van der Waals surface area contributed by atoms with Gasteiger partial charge in [-0.2, -0.15) is 41.3 Å². The fourth-order valence-corrected chi connectivity index (χ4v) is 4.40. The standard InChI is InChI=1S/C16H18N2.C10H19.Ir.H2O4S.H2O/c1-17-15(13-9-5-3-6-10-13)16(18-2)14-11-7-4-8-12-14;1-6-7(2)9(4)10(5)8(6)3;;1-5(2,3)4;/h3-12,15-16H,1-2H3;6-9H,1-5H3;;(H2,1,2,3,4);1H2/q-2;-1;+3;;/t15-,16-;;;;/m1..../s1. The fourth-order valence-electron chi connectivity index (χ4n) is 4.40. The Morgan fingerprint density at radius 1 is 0.743 bits per heavy atom. The van der Waals surface area contributed by atoms with Crippen LogP contribution in [0.5, 0.6) is 0 Å². The molecule has 2 aromatic carbocycles. The van der Waals surface area contributed by atoms with Gasteiger partial charge in [0.25, 0.3) is 0 Å². The second-order valence-corrected chi connectivity index (χ2v) is 9.61. The van der Waals surface area contributed by atoms with E-state index in [0.717, 1.165) is 23.7 Å². The molecule has 1 saturated carbocycles. The van der Waals surface area contributed by atoms with Crippen molar-refractivity contribution in [1.29, 1.82) is 0 Å². The summed E-state index contributed by atoms with van der Waals surface area (Å²) < 4.78 is 31.6. The molecule has 1 aliphatic rings. The Hall–Kier alpha value is -1.16. The minimum Gasteiger partial charge on any atom is -0.659 e. The molecule has 0 saturated heterocycles. The van der Waals surface area contributed by atoms with Crippen LogP contribution in [-0.2, 0) is 30.5 Å². The van der Waals surface area contributed by atoms with Crippen LogP contribution in [0.4, 0.5) is 0 Å². The largest absolute Gasteiger partial charge is 3.00 e. The maximum Gasteiger partial charge on any atom is 3.00 e. The first-order valence-corrected chi connectivity index (χ1v) is 12.6. The van der Waals surface area contributed by atoms with Crippen molar-refractivity contribution in [1.82, 2.24) is 0 Å². The average Bonchev–Trinajstić information content (AvgIpc) is 2.95. The second-order valence-electron chi connectivity index (χ2n) is 8.71. The predicted molar refractivity (Wildman–Crippen MR) is 140 cm³/mol. The third-order valence-electron chi connectivity index (χ3n) is 6.98. The van der Waals surface area contributed by atoms with Gasteiger partial charge in [-0.25, -0.2) is 0 Å². The summed E-state index contributed by atoms with van der Waals surface area (Å²) >= 11 is 0. The van der Waals surface area contributed by atoms with Gasteiger partial charge >= 0.3 is 30.5 Å². The molecule has 0 bridgehead atoms. The maximum absolute atomic E-state index is 8.74. The summed E-state index contributed by atoms with van der Waals surface area (Å²) in [7, 11) is -0.947. The minimum atomic E-state index is -4.67. The molecule has 1 aliphatic carbocycles. The van der Waals surface area contributed by atoms with Crippen molar-refractivity contribution in [3.05, 3.63) is 88.3 Å². The van der Waals surface area contributed by atoms with Crippen LogP contribution in [0.2, 0.25) is 0 Å². The van der Waals surface area contributed by atoms with Crippen LogP contribution < -0.4 is 0 Å². The Bertz CT molecular complexity index is 804. The molecule has 0 radical (unpaired) electrons. The zero-order valence-electron chi connectivity index (χ0n) is 21.6. The molecule has 7 nitrogen and oxygen atoms in total. The van der Waals surface area contributed by atoms with E-state index in [1.165, 1.54) is 11.1 Å². The smallest absolute Gasteiger partial charge is 0.659 e. The monoisotopic (exact) mass is 686 g/mol. The van der Waals surface area contributed by atoms with Crippen molar-refractivity contribution in [2.24, 2.45) is 23.7 Å². The van der Waals surface area contributed by atoms with Crippen LogP contribution in [0.1, 0.15) is 57.8 Å². The van der Waals surface area contributed by atoms with Gasteiger partial charge in [0.15, 0.2) is 0 Å². The van der Waals surface area contributed by atoms with Crippen LogP contribution in [-0.4, -0.2) is 37.1 Å². The van der Waals surface area contributed by atoms with Gasteiger partial charge in [-0.15, -0.1) is 12.1 Å². The van der Waals surface area contributed by atoms with Crippen LogP contribution in [0, 0.1) is 29.6 Å².